The largest absolute Gasteiger partial charge is 0.321 e. The maximum absolute atomic E-state index is 14.3. The molecular weight excluding hydrogens is 471 g/mol. The van der Waals surface area contributed by atoms with E-state index in [0.29, 0.717) is 5.69 Å². The van der Waals surface area contributed by atoms with Crippen LogP contribution in [0.5, 0.6) is 0 Å². The fourth-order valence-electron chi connectivity index (χ4n) is 3.40. The molecule has 1 aliphatic rings. The molecule has 3 amide bonds. The van der Waals surface area contributed by atoms with Crippen molar-refractivity contribution in [2.45, 2.75) is 19.0 Å². The van der Waals surface area contributed by atoms with Gasteiger partial charge in [0.2, 0.25) is 5.91 Å². The van der Waals surface area contributed by atoms with E-state index in [1.807, 2.05) is 17.5 Å². The molecule has 3 aromatic rings. The molecule has 2 heterocycles. The molecule has 0 aliphatic carbocycles. The number of rotatable bonds is 5. The molecule has 1 aromatic heterocycles. The minimum absolute atomic E-state index is 0.114. The van der Waals surface area contributed by atoms with Crippen LogP contribution in [0.15, 0.2) is 70.5 Å². The summed E-state index contributed by atoms with van der Waals surface area (Å²) in [6.45, 7) is 0.114. The zero-order valence-corrected chi connectivity index (χ0v) is 18.0. The van der Waals surface area contributed by atoms with E-state index in [2.05, 4.69) is 15.9 Å². The van der Waals surface area contributed by atoms with Crippen molar-refractivity contribution in [2.75, 3.05) is 4.90 Å². The number of thiophene rings is 1. The average molecular weight is 487 g/mol. The molecule has 0 saturated carbocycles. The summed E-state index contributed by atoms with van der Waals surface area (Å²) in [5.74, 6) is -2.18. The lowest BCUT2D eigenvalue weighted by Gasteiger charge is -2.27. The fourth-order valence-corrected chi connectivity index (χ4v) is 4.37. The van der Waals surface area contributed by atoms with E-state index in [9.17, 15) is 18.8 Å². The van der Waals surface area contributed by atoms with Crippen LogP contribution in [0.4, 0.5) is 10.1 Å². The first-order chi connectivity index (χ1) is 14.5. The topological polar surface area (TPSA) is 57.7 Å². The smallest absolute Gasteiger partial charge is 0.257 e. The molecule has 1 fully saturated rings. The molecule has 8 heteroatoms. The predicted molar refractivity (Wildman–Crippen MR) is 116 cm³/mol. The summed E-state index contributed by atoms with van der Waals surface area (Å²) in [5, 5.41) is 1.86. The molecule has 0 spiro atoms. The van der Waals surface area contributed by atoms with Crippen molar-refractivity contribution in [1.82, 2.24) is 4.90 Å². The third kappa shape index (κ3) is 3.93. The number of anilines is 1. The van der Waals surface area contributed by atoms with E-state index in [0.717, 1.165) is 14.2 Å². The highest BCUT2D eigenvalue weighted by molar-refractivity contribution is 9.10. The molecule has 1 aliphatic heterocycles. The summed E-state index contributed by atoms with van der Waals surface area (Å²) in [6.07, 6.45) is -0.152. The lowest BCUT2D eigenvalue weighted by Crippen LogP contribution is -2.45. The van der Waals surface area contributed by atoms with Gasteiger partial charge < -0.3 is 4.90 Å². The number of carbonyl (C=O) groups is 3. The Kier molecular flexibility index (Phi) is 5.78. The van der Waals surface area contributed by atoms with Gasteiger partial charge in [-0.2, -0.15) is 0 Å². The van der Waals surface area contributed by atoms with Gasteiger partial charge in [0, 0.05) is 9.35 Å². The molecule has 1 atom stereocenters. The molecule has 0 N–H and O–H groups in total. The highest BCUT2D eigenvalue weighted by Gasteiger charge is 2.44. The lowest BCUT2D eigenvalue weighted by atomic mass is 10.1. The van der Waals surface area contributed by atoms with Gasteiger partial charge in [-0.3, -0.25) is 14.4 Å². The first-order valence-electron chi connectivity index (χ1n) is 9.16. The van der Waals surface area contributed by atoms with E-state index < -0.39 is 29.6 Å². The molecule has 5 nitrogen and oxygen atoms in total. The molecule has 1 unspecified atom stereocenters. The monoisotopic (exact) mass is 486 g/mol. The number of amides is 3. The van der Waals surface area contributed by atoms with Gasteiger partial charge in [0.1, 0.15) is 11.9 Å². The Labute approximate surface area is 184 Å². The van der Waals surface area contributed by atoms with E-state index in [1.165, 1.54) is 34.4 Å². The van der Waals surface area contributed by atoms with Gasteiger partial charge in [-0.05, 0) is 47.8 Å². The summed E-state index contributed by atoms with van der Waals surface area (Å²) < 4.78 is 15.1. The Bertz CT molecular complexity index is 1100. The zero-order valence-electron chi connectivity index (χ0n) is 15.6. The SMILES string of the molecule is O=C1CC(N(Cc2cccs2)C(=O)c2ccccc2F)C(=O)N1c1ccc(Br)cc1. The lowest BCUT2D eigenvalue weighted by molar-refractivity contribution is -0.122. The Morgan fingerprint density at radius 1 is 1.10 bits per heavy atom. The third-order valence-electron chi connectivity index (χ3n) is 4.86. The highest BCUT2D eigenvalue weighted by atomic mass is 79.9. The van der Waals surface area contributed by atoms with Crippen molar-refractivity contribution in [1.29, 1.82) is 0 Å². The van der Waals surface area contributed by atoms with Gasteiger partial charge in [0.05, 0.1) is 24.2 Å². The zero-order chi connectivity index (χ0) is 21.3. The number of nitrogens with zero attached hydrogens (tertiary/aromatic N) is 2. The van der Waals surface area contributed by atoms with Gasteiger partial charge in [-0.1, -0.05) is 34.1 Å². The van der Waals surface area contributed by atoms with E-state index in [4.69, 9.17) is 0 Å². The Hall–Kier alpha value is -2.84. The maximum Gasteiger partial charge on any atom is 0.257 e. The number of carbonyl (C=O) groups excluding carboxylic acids is 3. The number of imide groups is 1. The molecule has 0 bridgehead atoms. The molecule has 4 rings (SSSR count). The van der Waals surface area contributed by atoms with Crippen LogP contribution in [0, 0.1) is 5.82 Å². The Morgan fingerprint density at radius 3 is 2.50 bits per heavy atom. The van der Waals surface area contributed by atoms with Crippen LogP contribution in [0.25, 0.3) is 0 Å². The summed E-state index contributed by atoms with van der Waals surface area (Å²) >= 11 is 4.75. The summed E-state index contributed by atoms with van der Waals surface area (Å²) in [4.78, 5) is 42.3. The number of halogens is 2. The van der Waals surface area contributed by atoms with Gasteiger partial charge in [-0.15, -0.1) is 11.3 Å². The van der Waals surface area contributed by atoms with Crippen molar-refractivity contribution >= 4 is 50.7 Å². The second-order valence-electron chi connectivity index (χ2n) is 6.76. The van der Waals surface area contributed by atoms with E-state index in [1.54, 1.807) is 30.3 Å². The van der Waals surface area contributed by atoms with Crippen LogP contribution in [0.2, 0.25) is 0 Å². The number of benzene rings is 2. The van der Waals surface area contributed by atoms with Crippen LogP contribution < -0.4 is 4.90 Å². The van der Waals surface area contributed by atoms with Crippen LogP contribution in [0.1, 0.15) is 21.7 Å². The third-order valence-corrected chi connectivity index (χ3v) is 6.25. The number of hydrogen-bond acceptors (Lipinski definition) is 4. The molecule has 1 saturated heterocycles. The van der Waals surface area contributed by atoms with Gasteiger partial charge in [-0.25, -0.2) is 9.29 Å². The van der Waals surface area contributed by atoms with Crippen molar-refractivity contribution in [3.63, 3.8) is 0 Å². The normalized spacial score (nSPS) is 16.2. The van der Waals surface area contributed by atoms with E-state index in [-0.39, 0.29) is 18.5 Å². The first kappa shape index (κ1) is 20.4. The standard InChI is InChI=1S/C22H16BrFN2O3S/c23-14-7-9-15(10-8-14)26-20(27)12-19(22(26)29)25(13-16-4-3-11-30-16)21(28)17-5-1-2-6-18(17)24/h1-11,19H,12-13H2. The summed E-state index contributed by atoms with van der Waals surface area (Å²) in [5.41, 5.74) is 0.307. The summed E-state index contributed by atoms with van der Waals surface area (Å²) in [7, 11) is 0. The van der Waals surface area contributed by atoms with Gasteiger partial charge >= 0.3 is 0 Å². The van der Waals surface area contributed by atoms with Gasteiger partial charge in [0.25, 0.3) is 11.8 Å². The quantitative estimate of drug-likeness (QED) is 0.494. The van der Waals surface area contributed by atoms with Crippen molar-refractivity contribution in [2.24, 2.45) is 0 Å². The first-order valence-corrected chi connectivity index (χ1v) is 10.8. The Morgan fingerprint density at radius 2 is 1.83 bits per heavy atom. The number of hydrogen-bond donors (Lipinski definition) is 0. The molecular formula is C22H16BrFN2O3S. The maximum atomic E-state index is 14.3. The van der Waals surface area contributed by atoms with Gasteiger partial charge in [0.15, 0.2) is 0 Å². The molecule has 152 valence electrons. The van der Waals surface area contributed by atoms with Crippen molar-refractivity contribution in [3.8, 4) is 0 Å². The second kappa shape index (κ2) is 8.49. The molecule has 0 radical (unpaired) electrons. The molecule has 2 aromatic carbocycles. The van der Waals surface area contributed by atoms with Crippen molar-refractivity contribution in [3.05, 3.63) is 86.8 Å². The van der Waals surface area contributed by atoms with Crippen LogP contribution in [0.3, 0.4) is 0 Å². The highest BCUT2D eigenvalue weighted by Crippen LogP contribution is 2.29. The fraction of sp³-hybridized carbons (Fsp3) is 0.136. The molecule has 30 heavy (non-hydrogen) atoms. The van der Waals surface area contributed by atoms with Crippen LogP contribution in [-0.2, 0) is 16.1 Å². The van der Waals surface area contributed by atoms with Crippen LogP contribution >= 0.6 is 27.3 Å². The Balaban J connectivity index is 1.69. The second-order valence-corrected chi connectivity index (χ2v) is 8.70. The van der Waals surface area contributed by atoms with Crippen molar-refractivity contribution < 1.29 is 18.8 Å². The predicted octanol–water partition coefficient (Wildman–Crippen LogP) is 4.62. The minimum atomic E-state index is -1.00. The van der Waals surface area contributed by atoms with E-state index >= 15 is 0 Å². The van der Waals surface area contributed by atoms with Crippen LogP contribution in [-0.4, -0.2) is 28.7 Å². The summed E-state index contributed by atoms with van der Waals surface area (Å²) in [6, 6.07) is 15.1. The minimum Gasteiger partial charge on any atom is -0.321 e. The average Bonchev–Trinajstić information content (AvgIpc) is 3.35.